The highest BCUT2D eigenvalue weighted by Gasteiger charge is 2.06. The summed E-state index contributed by atoms with van der Waals surface area (Å²) in [6.45, 7) is 2.60. The Morgan fingerprint density at radius 2 is 2.29 bits per heavy atom. The average molecular weight is 271 g/mol. The lowest BCUT2D eigenvalue weighted by molar-refractivity contribution is 0.587. The summed E-state index contributed by atoms with van der Waals surface area (Å²) in [5.74, 6) is 0.619. The van der Waals surface area contributed by atoms with Crippen molar-refractivity contribution < 1.29 is 4.21 Å². The molecule has 1 rings (SSSR count). The van der Waals surface area contributed by atoms with Crippen molar-refractivity contribution in [2.45, 2.75) is 19.5 Å². The van der Waals surface area contributed by atoms with E-state index in [1.807, 2.05) is 19.1 Å². The summed E-state index contributed by atoms with van der Waals surface area (Å²) in [6, 6.07) is 7.45. The van der Waals surface area contributed by atoms with Gasteiger partial charge in [0.25, 0.3) is 0 Å². The highest BCUT2D eigenvalue weighted by atomic mass is 35.5. The van der Waals surface area contributed by atoms with E-state index in [0.29, 0.717) is 22.9 Å². The summed E-state index contributed by atoms with van der Waals surface area (Å²) < 4.78 is 11.0. The quantitative estimate of drug-likeness (QED) is 0.891. The van der Waals surface area contributed by atoms with Crippen molar-refractivity contribution in [3.63, 3.8) is 0 Å². The van der Waals surface area contributed by atoms with Crippen molar-refractivity contribution in [2.24, 2.45) is 0 Å². The van der Waals surface area contributed by atoms with E-state index in [1.54, 1.807) is 18.4 Å². The van der Waals surface area contributed by atoms with E-state index in [1.165, 1.54) is 0 Å². The highest BCUT2D eigenvalue weighted by Crippen LogP contribution is 2.17. The van der Waals surface area contributed by atoms with Crippen LogP contribution in [0.5, 0.6) is 0 Å². The number of halogens is 1. The molecule has 1 N–H and O–H groups in total. The van der Waals surface area contributed by atoms with Crippen LogP contribution in [-0.2, 0) is 17.3 Å². The highest BCUT2D eigenvalue weighted by molar-refractivity contribution is 7.84. The Kier molecular flexibility index (Phi) is 5.63. The third-order valence-electron chi connectivity index (χ3n) is 2.31. The molecule has 0 bridgehead atoms. The Morgan fingerprint density at radius 3 is 2.82 bits per heavy atom. The first-order valence-electron chi connectivity index (χ1n) is 5.25. The summed E-state index contributed by atoms with van der Waals surface area (Å²) in [5.41, 5.74) is 1.50. The zero-order chi connectivity index (χ0) is 12.8. The van der Waals surface area contributed by atoms with Gasteiger partial charge in [-0.15, -0.1) is 0 Å². The van der Waals surface area contributed by atoms with E-state index < -0.39 is 10.8 Å². The predicted molar refractivity (Wildman–Crippen MR) is 71.4 cm³/mol. The molecule has 1 aromatic carbocycles. The Balaban J connectivity index is 2.58. The van der Waals surface area contributed by atoms with E-state index in [9.17, 15) is 4.21 Å². The minimum Gasteiger partial charge on any atom is -0.309 e. The van der Waals surface area contributed by atoms with Crippen LogP contribution in [0.4, 0.5) is 0 Å². The van der Waals surface area contributed by atoms with Crippen LogP contribution < -0.4 is 5.32 Å². The number of benzene rings is 1. The number of nitrogens with zero attached hydrogens (tertiary/aromatic N) is 1. The van der Waals surface area contributed by atoms with Gasteiger partial charge < -0.3 is 5.32 Å². The largest absolute Gasteiger partial charge is 0.309 e. The van der Waals surface area contributed by atoms with Crippen molar-refractivity contribution >= 4 is 22.4 Å². The monoisotopic (exact) mass is 270 g/mol. The van der Waals surface area contributed by atoms with Gasteiger partial charge in [0.15, 0.2) is 0 Å². The molecule has 5 heteroatoms. The van der Waals surface area contributed by atoms with Gasteiger partial charge in [-0.1, -0.05) is 17.7 Å². The maximum Gasteiger partial charge on any atom is 0.0992 e. The molecule has 1 aromatic rings. The summed E-state index contributed by atoms with van der Waals surface area (Å²) >= 11 is 6.05. The van der Waals surface area contributed by atoms with Crippen molar-refractivity contribution in [1.82, 2.24) is 5.32 Å². The first kappa shape index (κ1) is 14.2. The molecule has 0 saturated carbocycles. The standard InChI is InChI=1S/C12H15ClN2OS/c1-9(8-17(2)16)15-7-11-4-3-10(6-14)5-12(11)13/h3-5,9,15H,7-8H2,1-2H3. The van der Waals surface area contributed by atoms with Crippen LogP contribution in [0.1, 0.15) is 18.1 Å². The fourth-order valence-corrected chi connectivity index (χ4v) is 2.52. The fraction of sp³-hybridized carbons (Fsp3) is 0.417. The summed E-state index contributed by atoms with van der Waals surface area (Å²) in [4.78, 5) is 0. The van der Waals surface area contributed by atoms with Gasteiger partial charge in [0, 0.05) is 40.4 Å². The molecule has 0 aromatic heterocycles. The second-order valence-electron chi connectivity index (χ2n) is 3.94. The molecular weight excluding hydrogens is 256 g/mol. The second-order valence-corrected chi connectivity index (χ2v) is 5.83. The van der Waals surface area contributed by atoms with Gasteiger partial charge in [0.05, 0.1) is 11.6 Å². The number of hydrogen-bond acceptors (Lipinski definition) is 3. The van der Waals surface area contributed by atoms with Crippen molar-refractivity contribution in [3.8, 4) is 6.07 Å². The molecule has 17 heavy (non-hydrogen) atoms. The SMILES string of the molecule is CC(CS(C)=O)NCc1ccc(C#N)cc1Cl. The van der Waals surface area contributed by atoms with E-state index in [-0.39, 0.29) is 6.04 Å². The Labute approximate surface area is 109 Å². The van der Waals surface area contributed by atoms with Gasteiger partial charge in [0.2, 0.25) is 0 Å². The van der Waals surface area contributed by atoms with Gasteiger partial charge in [0.1, 0.15) is 0 Å². The van der Waals surface area contributed by atoms with Crippen LogP contribution in [0.15, 0.2) is 18.2 Å². The molecule has 2 atom stereocenters. The van der Waals surface area contributed by atoms with Crippen LogP contribution in [0, 0.1) is 11.3 Å². The minimum absolute atomic E-state index is 0.174. The second kappa shape index (κ2) is 6.75. The molecule has 0 spiro atoms. The molecular formula is C12H15ClN2OS. The van der Waals surface area contributed by atoms with Crippen LogP contribution >= 0.6 is 11.6 Å². The average Bonchev–Trinajstić information content (AvgIpc) is 2.26. The maximum atomic E-state index is 11.0. The molecule has 0 aliphatic rings. The van der Waals surface area contributed by atoms with E-state index >= 15 is 0 Å². The Hall–Kier alpha value is -0.890. The van der Waals surface area contributed by atoms with E-state index in [0.717, 1.165) is 5.56 Å². The van der Waals surface area contributed by atoms with Gasteiger partial charge in [-0.25, -0.2) is 0 Å². The lowest BCUT2D eigenvalue weighted by Gasteiger charge is -2.13. The van der Waals surface area contributed by atoms with Gasteiger partial charge in [-0.3, -0.25) is 4.21 Å². The summed E-state index contributed by atoms with van der Waals surface area (Å²) in [7, 11) is -0.803. The molecule has 3 nitrogen and oxygen atoms in total. The fourth-order valence-electron chi connectivity index (χ4n) is 1.46. The number of nitriles is 1. The molecule has 0 fully saturated rings. The zero-order valence-corrected chi connectivity index (χ0v) is 11.4. The van der Waals surface area contributed by atoms with Crippen LogP contribution in [0.3, 0.4) is 0 Å². The third-order valence-corrected chi connectivity index (χ3v) is 3.63. The lowest BCUT2D eigenvalue weighted by Crippen LogP contribution is -2.30. The molecule has 2 unspecified atom stereocenters. The van der Waals surface area contributed by atoms with Gasteiger partial charge in [-0.05, 0) is 24.6 Å². The molecule has 0 saturated heterocycles. The zero-order valence-electron chi connectivity index (χ0n) is 9.87. The summed E-state index contributed by atoms with van der Waals surface area (Å²) in [6.07, 6.45) is 1.69. The molecule has 0 heterocycles. The van der Waals surface area contributed by atoms with Gasteiger partial charge >= 0.3 is 0 Å². The number of rotatable bonds is 5. The topological polar surface area (TPSA) is 52.9 Å². The predicted octanol–water partition coefficient (Wildman–Crippen LogP) is 2.07. The maximum absolute atomic E-state index is 11.0. The first-order chi connectivity index (χ1) is 8.02. The third kappa shape index (κ3) is 4.86. The van der Waals surface area contributed by atoms with Crippen molar-refractivity contribution in [3.05, 3.63) is 34.3 Å². The molecule has 0 aliphatic carbocycles. The van der Waals surface area contributed by atoms with E-state index in [4.69, 9.17) is 16.9 Å². The van der Waals surface area contributed by atoms with Crippen molar-refractivity contribution in [1.29, 1.82) is 5.26 Å². The van der Waals surface area contributed by atoms with Gasteiger partial charge in [-0.2, -0.15) is 5.26 Å². The number of hydrogen-bond donors (Lipinski definition) is 1. The number of nitrogens with one attached hydrogen (secondary N) is 1. The van der Waals surface area contributed by atoms with Crippen LogP contribution in [0.2, 0.25) is 5.02 Å². The van der Waals surface area contributed by atoms with Crippen LogP contribution in [-0.4, -0.2) is 22.3 Å². The first-order valence-corrected chi connectivity index (χ1v) is 7.35. The summed E-state index contributed by atoms with van der Waals surface area (Å²) in [5, 5.41) is 12.5. The minimum atomic E-state index is -0.803. The van der Waals surface area contributed by atoms with Crippen LogP contribution in [0.25, 0.3) is 0 Å². The van der Waals surface area contributed by atoms with Crippen molar-refractivity contribution in [2.75, 3.05) is 12.0 Å². The molecule has 0 aliphatic heterocycles. The Bertz CT molecular complexity index is 456. The molecule has 92 valence electrons. The smallest absolute Gasteiger partial charge is 0.0992 e. The molecule has 0 amide bonds. The Morgan fingerprint density at radius 1 is 1.59 bits per heavy atom. The lowest BCUT2D eigenvalue weighted by atomic mass is 10.1. The molecule has 0 radical (unpaired) electrons. The normalized spacial score (nSPS) is 14.0. The van der Waals surface area contributed by atoms with E-state index in [2.05, 4.69) is 5.32 Å².